The lowest BCUT2D eigenvalue weighted by atomic mass is 9.79. The molecule has 126 valence electrons. The van der Waals surface area contributed by atoms with E-state index in [0.717, 1.165) is 6.42 Å². The van der Waals surface area contributed by atoms with Crippen molar-refractivity contribution >= 4 is 39.9 Å². The summed E-state index contributed by atoms with van der Waals surface area (Å²) in [6, 6.07) is 1.85. The lowest BCUT2D eigenvalue weighted by molar-refractivity contribution is -0.135. The molecule has 0 spiro atoms. The second-order valence-electron chi connectivity index (χ2n) is 6.52. The Morgan fingerprint density at radius 1 is 1.52 bits per heavy atom. The van der Waals surface area contributed by atoms with Crippen LogP contribution in [0.1, 0.15) is 20.3 Å². The molecule has 1 aliphatic heterocycles. The zero-order chi connectivity index (χ0) is 15.9. The van der Waals surface area contributed by atoms with Gasteiger partial charge in [0.25, 0.3) is 5.56 Å². The lowest BCUT2D eigenvalue weighted by Crippen LogP contribution is -2.54. The highest BCUT2D eigenvalue weighted by atomic mass is 35.5. The first-order chi connectivity index (χ1) is 10.4. The predicted octanol–water partition coefficient (Wildman–Crippen LogP) is 1.47. The topological polar surface area (TPSA) is 81.2 Å². The average Bonchev–Trinajstić information content (AvgIpc) is 2.94. The van der Waals surface area contributed by atoms with Crippen LogP contribution in [0.4, 0.5) is 0 Å². The number of amides is 1. The molecule has 6 nitrogen and oxygen atoms in total. The van der Waals surface area contributed by atoms with Crippen LogP contribution in [0.25, 0.3) is 10.2 Å². The summed E-state index contributed by atoms with van der Waals surface area (Å²) in [6.07, 6.45) is 2.25. The summed E-state index contributed by atoms with van der Waals surface area (Å²) >= 11 is 1.42. The van der Waals surface area contributed by atoms with Crippen LogP contribution in [0.5, 0.6) is 0 Å². The number of thiophene rings is 1. The van der Waals surface area contributed by atoms with E-state index in [1.807, 2.05) is 5.38 Å². The molecule has 8 heteroatoms. The highest BCUT2D eigenvalue weighted by Crippen LogP contribution is 2.27. The van der Waals surface area contributed by atoms with Gasteiger partial charge in [0, 0.05) is 19.1 Å². The van der Waals surface area contributed by atoms with Gasteiger partial charge in [0.15, 0.2) is 0 Å². The van der Waals surface area contributed by atoms with Crippen LogP contribution in [0.2, 0.25) is 0 Å². The summed E-state index contributed by atoms with van der Waals surface area (Å²) in [6.45, 7) is 5.44. The van der Waals surface area contributed by atoms with E-state index in [1.54, 1.807) is 11.0 Å². The largest absolute Gasteiger partial charge is 0.340 e. The molecule has 0 radical (unpaired) electrons. The van der Waals surface area contributed by atoms with Gasteiger partial charge in [-0.25, -0.2) is 4.98 Å². The standard InChI is InChI=1S/C15H20N4O2S.ClH/c1-15(2)8-18(5-3-11(15)16)12(20)7-19-9-17-13-10(14(19)21)4-6-22-13;/h4,6,9,11H,3,5,7-8,16H2,1-2H3;1H. The number of halogens is 1. The van der Waals surface area contributed by atoms with Gasteiger partial charge in [0.1, 0.15) is 11.4 Å². The van der Waals surface area contributed by atoms with Crippen LogP contribution in [-0.4, -0.2) is 39.5 Å². The highest BCUT2D eigenvalue weighted by molar-refractivity contribution is 7.16. The van der Waals surface area contributed by atoms with Crippen LogP contribution < -0.4 is 11.3 Å². The predicted molar refractivity (Wildman–Crippen MR) is 94.1 cm³/mol. The lowest BCUT2D eigenvalue weighted by Gasteiger charge is -2.42. The summed E-state index contributed by atoms with van der Waals surface area (Å²) in [5, 5.41) is 2.40. The van der Waals surface area contributed by atoms with Gasteiger partial charge >= 0.3 is 0 Å². The van der Waals surface area contributed by atoms with Gasteiger partial charge in [-0.3, -0.25) is 14.2 Å². The smallest absolute Gasteiger partial charge is 0.262 e. The highest BCUT2D eigenvalue weighted by Gasteiger charge is 2.35. The number of carbonyl (C=O) groups is 1. The van der Waals surface area contributed by atoms with Crippen LogP contribution in [-0.2, 0) is 11.3 Å². The molecular weight excluding hydrogens is 336 g/mol. The number of fused-ring (bicyclic) bond motifs is 1. The molecule has 1 aliphatic rings. The molecule has 2 aromatic rings. The van der Waals surface area contributed by atoms with Gasteiger partial charge in [0.05, 0.1) is 11.7 Å². The van der Waals surface area contributed by atoms with Gasteiger partial charge in [0.2, 0.25) is 5.91 Å². The van der Waals surface area contributed by atoms with Gasteiger partial charge < -0.3 is 10.6 Å². The minimum Gasteiger partial charge on any atom is -0.340 e. The molecule has 1 amide bonds. The molecule has 1 unspecified atom stereocenters. The zero-order valence-corrected chi connectivity index (χ0v) is 14.8. The molecule has 1 atom stereocenters. The Kier molecular flexibility index (Phi) is 5.13. The van der Waals surface area contributed by atoms with E-state index in [2.05, 4.69) is 18.8 Å². The molecule has 1 saturated heterocycles. The Morgan fingerprint density at radius 3 is 2.96 bits per heavy atom. The number of rotatable bonds is 2. The Morgan fingerprint density at radius 2 is 2.26 bits per heavy atom. The summed E-state index contributed by atoms with van der Waals surface area (Å²) in [5.41, 5.74) is 5.84. The van der Waals surface area contributed by atoms with Crippen molar-refractivity contribution in [3.05, 3.63) is 28.1 Å². The molecule has 23 heavy (non-hydrogen) atoms. The van der Waals surface area contributed by atoms with Crippen molar-refractivity contribution < 1.29 is 4.79 Å². The van der Waals surface area contributed by atoms with E-state index < -0.39 is 0 Å². The Balaban J connectivity index is 0.00000192. The number of hydrogen-bond acceptors (Lipinski definition) is 5. The second-order valence-corrected chi connectivity index (χ2v) is 7.41. The molecule has 3 heterocycles. The van der Waals surface area contributed by atoms with E-state index >= 15 is 0 Å². The number of nitrogens with zero attached hydrogens (tertiary/aromatic N) is 3. The summed E-state index contributed by atoms with van der Waals surface area (Å²) < 4.78 is 1.39. The third-order valence-electron chi connectivity index (χ3n) is 4.42. The summed E-state index contributed by atoms with van der Waals surface area (Å²) in [4.78, 5) is 31.6. The van der Waals surface area contributed by atoms with Crippen LogP contribution in [0.15, 0.2) is 22.6 Å². The average molecular weight is 357 g/mol. The quantitative estimate of drug-likeness (QED) is 0.883. The van der Waals surface area contributed by atoms with E-state index in [9.17, 15) is 9.59 Å². The first-order valence-electron chi connectivity index (χ1n) is 7.34. The van der Waals surface area contributed by atoms with Crippen molar-refractivity contribution in [2.24, 2.45) is 11.1 Å². The van der Waals surface area contributed by atoms with E-state index in [-0.39, 0.29) is 41.9 Å². The van der Waals surface area contributed by atoms with Gasteiger partial charge in [-0.2, -0.15) is 0 Å². The first-order valence-corrected chi connectivity index (χ1v) is 8.22. The minimum absolute atomic E-state index is 0. The fourth-order valence-corrected chi connectivity index (χ4v) is 3.56. The zero-order valence-electron chi connectivity index (χ0n) is 13.2. The SMILES string of the molecule is CC1(C)CN(C(=O)Cn2cnc3sccc3c2=O)CCC1N.Cl. The fourth-order valence-electron chi connectivity index (χ4n) is 2.84. The van der Waals surface area contributed by atoms with Crippen molar-refractivity contribution in [3.8, 4) is 0 Å². The van der Waals surface area contributed by atoms with Gasteiger partial charge in [-0.15, -0.1) is 23.7 Å². The normalized spacial score (nSPS) is 20.3. The number of likely N-dealkylation sites (tertiary alicyclic amines) is 1. The van der Waals surface area contributed by atoms with E-state index in [4.69, 9.17) is 5.73 Å². The van der Waals surface area contributed by atoms with Crippen molar-refractivity contribution in [3.63, 3.8) is 0 Å². The van der Waals surface area contributed by atoms with E-state index in [0.29, 0.717) is 23.3 Å². The monoisotopic (exact) mass is 356 g/mol. The number of carbonyl (C=O) groups excluding carboxylic acids is 1. The first kappa shape index (κ1) is 17.9. The number of hydrogen-bond donors (Lipinski definition) is 1. The molecule has 0 bridgehead atoms. The maximum absolute atomic E-state index is 12.5. The number of nitrogens with two attached hydrogens (primary N) is 1. The molecular formula is C15H21ClN4O2S. The van der Waals surface area contributed by atoms with Crippen LogP contribution >= 0.6 is 23.7 Å². The molecule has 1 fully saturated rings. The van der Waals surface area contributed by atoms with Gasteiger partial charge in [-0.1, -0.05) is 13.8 Å². The third-order valence-corrected chi connectivity index (χ3v) is 5.24. The van der Waals surface area contributed by atoms with Crippen LogP contribution in [0.3, 0.4) is 0 Å². The maximum Gasteiger partial charge on any atom is 0.262 e. The Bertz CT molecular complexity index is 770. The van der Waals surface area contributed by atoms with E-state index in [1.165, 1.54) is 22.2 Å². The molecule has 3 rings (SSSR count). The van der Waals surface area contributed by atoms with Crippen molar-refractivity contribution in [1.82, 2.24) is 14.5 Å². The Hall–Kier alpha value is -1.44. The molecule has 2 N–H and O–H groups in total. The molecule has 0 aliphatic carbocycles. The molecule has 0 saturated carbocycles. The number of aromatic nitrogens is 2. The third kappa shape index (κ3) is 3.41. The van der Waals surface area contributed by atoms with Crippen molar-refractivity contribution in [1.29, 1.82) is 0 Å². The van der Waals surface area contributed by atoms with Crippen molar-refractivity contribution in [2.45, 2.75) is 32.9 Å². The summed E-state index contributed by atoms with van der Waals surface area (Å²) in [7, 11) is 0. The Labute approximate surface area is 144 Å². The second kappa shape index (κ2) is 6.59. The van der Waals surface area contributed by atoms with Crippen LogP contribution in [0, 0.1) is 5.41 Å². The van der Waals surface area contributed by atoms with Gasteiger partial charge in [-0.05, 0) is 23.3 Å². The molecule has 0 aromatic carbocycles. The summed E-state index contributed by atoms with van der Waals surface area (Å²) in [5.74, 6) is -0.0570. The number of piperidine rings is 1. The maximum atomic E-state index is 12.5. The fraction of sp³-hybridized carbons (Fsp3) is 0.533. The van der Waals surface area contributed by atoms with Crippen molar-refractivity contribution in [2.75, 3.05) is 13.1 Å². The molecule has 2 aromatic heterocycles. The minimum atomic E-state index is -0.160.